The van der Waals surface area contributed by atoms with E-state index in [1.807, 2.05) is 6.26 Å². The zero-order valence-corrected chi connectivity index (χ0v) is 7.68. The van der Waals surface area contributed by atoms with E-state index in [0.29, 0.717) is 16.4 Å². The summed E-state index contributed by atoms with van der Waals surface area (Å²) < 4.78 is 0. The maximum Gasteiger partial charge on any atom is 0.267 e. The monoisotopic (exact) mass is 183 g/mol. The lowest BCUT2D eigenvalue weighted by Crippen LogP contribution is -2.15. The largest absolute Gasteiger partial charge is 0.364 e. The molecule has 1 aromatic heterocycles. The van der Waals surface area contributed by atoms with E-state index >= 15 is 0 Å². The molecule has 0 aromatic carbocycles. The van der Waals surface area contributed by atoms with Gasteiger partial charge in [-0.1, -0.05) is 11.8 Å². The second-order valence-electron chi connectivity index (χ2n) is 2.25. The van der Waals surface area contributed by atoms with Crippen LogP contribution in [-0.2, 0) is 0 Å². The van der Waals surface area contributed by atoms with Crippen LogP contribution < -0.4 is 5.73 Å². The van der Waals surface area contributed by atoms with Gasteiger partial charge in [0.05, 0.1) is 0 Å². The third-order valence-electron chi connectivity index (χ3n) is 1.37. The number of nitrogens with two attached hydrogens (primary N) is 1. The van der Waals surface area contributed by atoms with Crippen molar-refractivity contribution in [1.82, 2.24) is 9.97 Å². The van der Waals surface area contributed by atoms with Crippen molar-refractivity contribution in [3.05, 3.63) is 17.5 Å². The Morgan fingerprint density at radius 3 is 2.83 bits per heavy atom. The topological polar surface area (TPSA) is 68.9 Å². The van der Waals surface area contributed by atoms with Gasteiger partial charge in [0.1, 0.15) is 5.69 Å². The number of primary amides is 1. The van der Waals surface area contributed by atoms with Crippen molar-refractivity contribution in [3.8, 4) is 0 Å². The normalized spacial score (nSPS) is 9.83. The second kappa shape index (κ2) is 3.53. The molecule has 5 heteroatoms. The highest BCUT2D eigenvalue weighted by Crippen LogP contribution is 2.10. The van der Waals surface area contributed by atoms with E-state index in [9.17, 15) is 4.79 Å². The predicted octanol–water partition coefficient (Wildman–Crippen LogP) is 0.606. The lowest BCUT2D eigenvalue weighted by molar-refractivity contribution is 0.0994. The molecule has 0 fully saturated rings. The summed E-state index contributed by atoms with van der Waals surface area (Å²) in [5, 5.41) is 0.564. The molecule has 0 radical (unpaired) electrons. The molecule has 0 bridgehead atoms. The molecule has 1 rings (SSSR count). The van der Waals surface area contributed by atoms with Gasteiger partial charge in [0, 0.05) is 6.20 Å². The molecule has 0 saturated carbocycles. The highest BCUT2D eigenvalue weighted by molar-refractivity contribution is 7.98. The summed E-state index contributed by atoms with van der Waals surface area (Å²) in [6, 6.07) is 0. The number of amides is 1. The highest BCUT2D eigenvalue weighted by Gasteiger charge is 2.07. The van der Waals surface area contributed by atoms with E-state index in [1.54, 1.807) is 13.1 Å². The number of hydrogen-bond acceptors (Lipinski definition) is 4. The van der Waals surface area contributed by atoms with E-state index in [-0.39, 0.29) is 0 Å². The van der Waals surface area contributed by atoms with Crippen LogP contribution in [0.2, 0.25) is 0 Å². The number of hydrogen-bond donors (Lipinski definition) is 1. The van der Waals surface area contributed by atoms with E-state index in [2.05, 4.69) is 9.97 Å². The maximum atomic E-state index is 10.8. The Hall–Kier alpha value is -1.10. The summed E-state index contributed by atoms with van der Waals surface area (Å²) in [4.78, 5) is 18.8. The number of aryl methyl sites for hydroxylation is 1. The summed E-state index contributed by atoms with van der Waals surface area (Å²) in [5.74, 6) is -0.509. The van der Waals surface area contributed by atoms with Crippen molar-refractivity contribution in [2.75, 3.05) is 6.26 Å². The number of nitrogens with zero attached hydrogens (tertiary/aromatic N) is 2. The van der Waals surface area contributed by atoms with Gasteiger partial charge in [-0.25, -0.2) is 9.97 Å². The third kappa shape index (κ3) is 1.73. The zero-order chi connectivity index (χ0) is 9.14. The minimum atomic E-state index is -0.509. The van der Waals surface area contributed by atoms with Gasteiger partial charge >= 0.3 is 0 Å². The molecule has 2 N–H and O–H groups in total. The molecular formula is C7H9N3OS. The quantitative estimate of drug-likeness (QED) is 0.538. The van der Waals surface area contributed by atoms with Crippen LogP contribution in [0.1, 0.15) is 16.1 Å². The van der Waals surface area contributed by atoms with Gasteiger partial charge in [-0.05, 0) is 18.7 Å². The third-order valence-corrected chi connectivity index (χ3v) is 1.93. The average molecular weight is 183 g/mol. The maximum absolute atomic E-state index is 10.8. The summed E-state index contributed by atoms with van der Waals surface area (Å²) >= 11 is 1.38. The van der Waals surface area contributed by atoms with Crippen LogP contribution >= 0.6 is 11.8 Å². The molecule has 1 heterocycles. The van der Waals surface area contributed by atoms with Gasteiger partial charge in [0.25, 0.3) is 5.91 Å². The van der Waals surface area contributed by atoms with Gasteiger partial charge in [-0.2, -0.15) is 0 Å². The Morgan fingerprint density at radius 2 is 2.33 bits per heavy atom. The Kier molecular flexibility index (Phi) is 2.65. The lowest BCUT2D eigenvalue weighted by atomic mass is 10.2. The van der Waals surface area contributed by atoms with Crippen LogP contribution in [-0.4, -0.2) is 22.1 Å². The first-order valence-corrected chi connectivity index (χ1v) is 4.55. The molecule has 4 nitrogen and oxygen atoms in total. The van der Waals surface area contributed by atoms with Crippen LogP contribution in [0.3, 0.4) is 0 Å². The van der Waals surface area contributed by atoms with Gasteiger partial charge in [0.2, 0.25) is 0 Å². The van der Waals surface area contributed by atoms with Gasteiger partial charge in [-0.3, -0.25) is 4.79 Å². The lowest BCUT2D eigenvalue weighted by Gasteiger charge is -2.00. The van der Waals surface area contributed by atoms with Crippen molar-refractivity contribution < 1.29 is 4.79 Å². The first-order chi connectivity index (χ1) is 5.65. The Morgan fingerprint density at radius 1 is 1.67 bits per heavy atom. The molecule has 0 aliphatic heterocycles. The fraction of sp³-hybridized carbons (Fsp3) is 0.286. The second-order valence-corrected chi connectivity index (χ2v) is 3.03. The van der Waals surface area contributed by atoms with Crippen molar-refractivity contribution in [2.45, 2.75) is 12.1 Å². The molecule has 64 valence electrons. The molecule has 0 saturated heterocycles. The molecule has 12 heavy (non-hydrogen) atoms. The molecule has 0 spiro atoms. The Balaban J connectivity index is 3.17. The predicted molar refractivity (Wildman–Crippen MR) is 47.1 cm³/mol. The number of carbonyl (C=O) groups is 1. The summed E-state index contributed by atoms with van der Waals surface area (Å²) in [6.07, 6.45) is 3.44. The van der Waals surface area contributed by atoms with Crippen LogP contribution in [0, 0.1) is 6.92 Å². The van der Waals surface area contributed by atoms with Crippen molar-refractivity contribution in [1.29, 1.82) is 0 Å². The molecule has 0 aliphatic rings. The fourth-order valence-electron chi connectivity index (χ4n) is 0.774. The Bertz CT molecular complexity index is 314. The minimum Gasteiger partial charge on any atom is -0.364 e. The van der Waals surface area contributed by atoms with E-state index in [4.69, 9.17) is 5.73 Å². The number of rotatable bonds is 2. The molecular weight excluding hydrogens is 174 g/mol. The molecule has 1 amide bonds. The minimum absolute atomic E-state index is 0.300. The van der Waals surface area contributed by atoms with E-state index < -0.39 is 5.91 Å². The molecule has 0 unspecified atom stereocenters. The fourth-order valence-corrected chi connectivity index (χ4v) is 1.11. The van der Waals surface area contributed by atoms with E-state index in [0.717, 1.165) is 0 Å². The molecule has 1 aromatic rings. The van der Waals surface area contributed by atoms with Crippen LogP contribution in [0.5, 0.6) is 0 Å². The standard InChI is InChI=1S/C7H9N3OS/c1-4-3-9-7(12-2)10-5(4)6(8)11/h3H,1-2H3,(H2,8,11). The summed E-state index contributed by atoms with van der Waals surface area (Å²) in [5.41, 5.74) is 6.11. The number of thioether (sulfide) groups is 1. The summed E-state index contributed by atoms with van der Waals surface area (Å²) in [7, 11) is 0. The SMILES string of the molecule is CSc1ncc(C)c(C(N)=O)n1. The first-order valence-electron chi connectivity index (χ1n) is 3.32. The van der Waals surface area contributed by atoms with Crippen LogP contribution in [0.4, 0.5) is 0 Å². The van der Waals surface area contributed by atoms with Crippen LogP contribution in [0.25, 0.3) is 0 Å². The molecule has 0 atom stereocenters. The van der Waals surface area contributed by atoms with E-state index in [1.165, 1.54) is 11.8 Å². The van der Waals surface area contributed by atoms with Crippen molar-refractivity contribution >= 4 is 17.7 Å². The van der Waals surface area contributed by atoms with Gasteiger partial charge in [-0.15, -0.1) is 0 Å². The number of carbonyl (C=O) groups excluding carboxylic acids is 1. The van der Waals surface area contributed by atoms with Crippen molar-refractivity contribution in [3.63, 3.8) is 0 Å². The van der Waals surface area contributed by atoms with Crippen LogP contribution in [0.15, 0.2) is 11.4 Å². The average Bonchev–Trinajstić information content (AvgIpc) is 2.05. The smallest absolute Gasteiger partial charge is 0.267 e. The highest BCUT2D eigenvalue weighted by atomic mass is 32.2. The number of aromatic nitrogens is 2. The van der Waals surface area contributed by atoms with Gasteiger partial charge in [0.15, 0.2) is 5.16 Å². The van der Waals surface area contributed by atoms with Crippen molar-refractivity contribution in [2.24, 2.45) is 5.73 Å². The first kappa shape index (κ1) is 8.99. The molecule has 0 aliphatic carbocycles. The zero-order valence-electron chi connectivity index (χ0n) is 6.87. The van der Waals surface area contributed by atoms with Gasteiger partial charge < -0.3 is 5.73 Å². The Labute approximate surface area is 74.6 Å². The summed E-state index contributed by atoms with van der Waals surface area (Å²) in [6.45, 7) is 1.75.